The van der Waals surface area contributed by atoms with Gasteiger partial charge in [-0.2, -0.15) is 13.2 Å². The number of methoxy groups -OCH3 is 1. The van der Waals surface area contributed by atoms with Gasteiger partial charge in [0.1, 0.15) is 5.75 Å². The lowest BCUT2D eigenvalue weighted by molar-refractivity contribution is -0.226. The van der Waals surface area contributed by atoms with Gasteiger partial charge in [-0.25, -0.2) is 0 Å². The fourth-order valence-corrected chi connectivity index (χ4v) is 2.97. The molecule has 9 heteroatoms. The average Bonchev–Trinajstić information content (AvgIpc) is 2.68. The van der Waals surface area contributed by atoms with E-state index in [9.17, 15) is 18.0 Å². The number of ether oxygens (including phenoxy) is 3. The zero-order valence-corrected chi connectivity index (χ0v) is 16.4. The highest BCUT2D eigenvalue weighted by Crippen LogP contribution is 2.38. The van der Waals surface area contributed by atoms with E-state index in [4.69, 9.17) is 25.8 Å². The van der Waals surface area contributed by atoms with Crippen molar-refractivity contribution in [3.8, 4) is 5.75 Å². The van der Waals surface area contributed by atoms with E-state index in [1.165, 1.54) is 6.07 Å². The highest BCUT2D eigenvalue weighted by Gasteiger charge is 2.40. The molecule has 1 aliphatic heterocycles. The van der Waals surface area contributed by atoms with Crippen LogP contribution in [0.4, 0.5) is 18.9 Å². The van der Waals surface area contributed by atoms with Gasteiger partial charge in [-0.05, 0) is 37.3 Å². The lowest BCUT2D eigenvalue weighted by atomic mass is 9.90. The summed E-state index contributed by atoms with van der Waals surface area (Å²) < 4.78 is 55.6. The largest absolute Gasteiger partial charge is 0.496 e. The van der Waals surface area contributed by atoms with E-state index >= 15 is 0 Å². The van der Waals surface area contributed by atoms with Crippen LogP contribution < -0.4 is 10.1 Å². The van der Waals surface area contributed by atoms with Gasteiger partial charge in [-0.1, -0.05) is 23.7 Å². The molecule has 5 nitrogen and oxygen atoms in total. The first kappa shape index (κ1) is 21.4. The van der Waals surface area contributed by atoms with Crippen molar-refractivity contribution >= 4 is 23.2 Å². The molecule has 1 N–H and O–H groups in total. The van der Waals surface area contributed by atoms with Crippen molar-refractivity contribution in [3.63, 3.8) is 0 Å². The van der Waals surface area contributed by atoms with Gasteiger partial charge in [0.2, 0.25) is 5.91 Å². The Hall–Kier alpha value is -2.29. The minimum atomic E-state index is -4.61. The second-order valence-corrected chi connectivity index (χ2v) is 7.37. The first-order valence-electron chi connectivity index (χ1n) is 8.68. The summed E-state index contributed by atoms with van der Waals surface area (Å²) in [6.07, 6.45) is -5.26. The van der Waals surface area contributed by atoms with E-state index in [1.54, 1.807) is 31.2 Å². The Kier molecular flexibility index (Phi) is 6.07. The van der Waals surface area contributed by atoms with Crippen LogP contribution in [0.25, 0.3) is 0 Å². The number of nitrogens with one attached hydrogen (secondary N) is 1. The van der Waals surface area contributed by atoms with E-state index in [2.05, 4.69) is 5.32 Å². The molecule has 0 unspecified atom stereocenters. The standard InChI is InChI=1S/C20H19ClF3NO4/c1-19(10-28-17(29-11-19)12-3-5-13(21)6-4-12)18(26)25-14-7-8-16(27-2)15(9-14)20(22,23)24/h3-9,17H,10-11H2,1-2H3,(H,25,26). The number of amides is 1. The van der Waals surface area contributed by atoms with Crippen LogP contribution in [0.15, 0.2) is 42.5 Å². The van der Waals surface area contributed by atoms with Crippen LogP contribution in [0, 0.1) is 5.41 Å². The molecule has 0 saturated carbocycles. The van der Waals surface area contributed by atoms with Crippen LogP contribution in [0.3, 0.4) is 0 Å². The minimum absolute atomic E-state index is 0.00387. The first-order valence-corrected chi connectivity index (χ1v) is 9.05. The molecule has 0 aromatic heterocycles. The fraction of sp³-hybridized carbons (Fsp3) is 0.350. The Morgan fingerprint density at radius 2 is 1.79 bits per heavy atom. The Bertz CT molecular complexity index is 878. The Morgan fingerprint density at radius 1 is 1.17 bits per heavy atom. The number of hydrogen-bond donors (Lipinski definition) is 1. The molecule has 1 saturated heterocycles. The van der Waals surface area contributed by atoms with Crippen molar-refractivity contribution in [2.24, 2.45) is 5.41 Å². The molecular weight excluding hydrogens is 411 g/mol. The molecule has 1 fully saturated rings. The smallest absolute Gasteiger partial charge is 0.420 e. The van der Waals surface area contributed by atoms with Gasteiger partial charge in [0, 0.05) is 16.3 Å². The maximum Gasteiger partial charge on any atom is 0.420 e. The zero-order chi connectivity index (χ0) is 21.2. The number of alkyl halides is 3. The van der Waals surface area contributed by atoms with E-state index in [1.807, 2.05) is 0 Å². The molecule has 2 aromatic rings. The second kappa shape index (κ2) is 8.22. The summed E-state index contributed by atoms with van der Waals surface area (Å²) in [7, 11) is 1.15. The maximum absolute atomic E-state index is 13.2. The Balaban J connectivity index is 1.69. The predicted molar refractivity (Wildman–Crippen MR) is 101 cm³/mol. The summed E-state index contributed by atoms with van der Waals surface area (Å²) >= 11 is 5.86. The van der Waals surface area contributed by atoms with Crippen molar-refractivity contribution < 1.29 is 32.2 Å². The van der Waals surface area contributed by atoms with Gasteiger partial charge in [0.15, 0.2) is 6.29 Å². The molecule has 2 aromatic carbocycles. The molecule has 1 amide bonds. The molecule has 29 heavy (non-hydrogen) atoms. The normalized spacial score (nSPS) is 22.2. The van der Waals surface area contributed by atoms with E-state index in [0.29, 0.717) is 5.02 Å². The third-order valence-corrected chi connectivity index (χ3v) is 4.81. The predicted octanol–water partition coefficient (Wildman–Crippen LogP) is 5.06. The van der Waals surface area contributed by atoms with Crippen molar-refractivity contribution in [2.45, 2.75) is 19.4 Å². The van der Waals surface area contributed by atoms with Gasteiger partial charge in [-0.3, -0.25) is 4.79 Å². The van der Waals surface area contributed by atoms with Gasteiger partial charge in [0.25, 0.3) is 0 Å². The van der Waals surface area contributed by atoms with Crippen LogP contribution in [-0.2, 0) is 20.4 Å². The molecule has 1 heterocycles. The van der Waals surface area contributed by atoms with Gasteiger partial charge in [-0.15, -0.1) is 0 Å². The van der Waals surface area contributed by atoms with Crippen molar-refractivity contribution in [3.05, 3.63) is 58.6 Å². The maximum atomic E-state index is 13.2. The SMILES string of the molecule is COc1ccc(NC(=O)C2(C)COC(c3ccc(Cl)cc3)OC2)cc1C(F)(F)F. The molecule has 0 radical (unpaired) electrons. The average molecular weight is 430 g/mol. The summed E-state index contributed by atoms with van der Waals surface area (Å²) in [5.41, 5.74) is -1.28. The molecular formula is C20H19ClF3NO4. The molecule has 0 spiro atoms. The molecule has 3 rings (SSSR count). The van der Waals surface area contributed by atoms with E-state index in [0.717, 1.165) is 24.8 Å². The Morgan fingerprint density at radius 3 is 2.34 bits per heavy atom. The van der Waals surface area contributed by atoms with Gasteiger partial charge in [0.05, 0.1) is 31.3 Å². The quantitative estimate of drug-likeness (QED) is 0.738. The summed E-state index contributed by atoms with van der Waals surface area (Å²) in [5, 5.41) is 3.08. The summed E-state index contributed by atoms with van der Waals surface area (Å²) in [6, 6.07) is 10.2. The van der Waals surface area contributed by atoms with Crippen molar-refractivity contribution in [1.29, 1.82) is 0 Å². The molecule has 0 atom stereocenters. The van der Waals surface area contributed by atoms with Crippen LogP contribution in [0.1, 0.15) is 24.3 Å². The number of carbonyl (C=O) groups is 1. The van der Waals surface area contributed by atoms with Crippen molar-refractivity contribution in [2.75, 3.05) is 25.6 Å². The highest BCUT2D eigenvalue weighted by molar-refractivity contribution is 6.30. The van der Waals surface area contributed by atoms with Crippen LogP contribution in [-0.4, -0.2) is 26.2 Å². The third kappa shape index (κ3) is 4.83. The number of hydrogen-bond acceptors (Lipinski definition) is 4. The number of halogens is 4. The Labute approximate surface area is 170 Å². The van der Waals surface area contributed by atoms with Crippen LogP contribution >= 0.6 is 11.6 Å². The highest BCUT2D eigenvalue weighted by atomic mass is 35.5. The molecule has 156 valence electrons. The van der Waals surface area contributed by atoms with Crippen molar-refractivity contribution in [1.82, 2.24) is 0 Å². The minimum Gasteiger partial charge on any atom is -0.496 e. The van der Waals surface area contributed by atoms with Crippen LogP contribution in [0.2, 0.25) is 5.02 Å². The molecule has 1 aliphatic rings. The zero-order valence-electron chi connectivity index (χ0n) is 15.7. The number of rotatable bonds is 4. The van der Waals surface area contributed by atoms with E-state index < -0.39 is 29.4 Å². The van der Waals surface area contributed by atoms with Crippen LogP contribution in [0.5, 0.6) is 5.75 Å². The second-order valence-electron chi connectivity index (χ2n) is 6.93. The topological polar surface area (TPSA) is 56.8 Å². The lowest BCUT2D eigenvalue weighted by Gasteiger charge is -2.36. The summed E-state index contributed by atoms with van der Waals surface area (Å²) in [6.45, 7) is 1.69. The molecule has 0 bridgehead atoms. The molecule has 0 aliphatic carbocycles. The fourth-order valence-electron chi connectivity index (χ4n) is 2.84. The van der Waals surface area contributed by atoms with Gasteiger partial charge < -0.3 is 19.5 Å². The number of anilines is 1. The number of carbonyl (C=O) groups excluding carboxylic acids is 1. The summed E-state index contributed by atoms with van der Waals surface area (Å²) in [5.74, 6) is -0.831. The van der Waals surface area contributed by atoms with E-state index in [-0.39, 0.29) is 24.7 Å². The first-order chi connectivity index (χ1) is 13.6. The van der Waals surface area contributed by atoms with Gasteiger partial charge >= 0.3 is 6.18 Å². The monoisotopic (exact) mass is 429 g/mol. The third-order valence-electron chi connectivity index (χ3n) is 4.56. The number of benzene rings is 2. The lowest BCUT2D eigenvalue weighted by Crippen LogP contribution is -2.45. The summed E-state index contributed by atoms with van der Waals surface area (Å²) in [4.78, 5) is 12.7.